The fourth-order valence-electron chi connectivity index (χ4n) is 1.20. The van der Waals surface area contributed by atoms with Gasteiger partial charge in [-0.25, -0.2) is 0 Å². The van der Waals surface area contributed by atoms with Crippen LogP contribution in [-0.4, -0.2) is 47.6 Å². The highest BCUT2D eigenvalue weighted by atomic mass is 16.5. The van der Waals surface area contributed by atoms with Gasteiger partial charge in [-0.05, 0) is 6.42 Å². The number of hydrogen-bond donors (Lipinski definition) is 3. The zero-order chi connectivity index (χ0) is 11.1. The van der Waals surface area contributed by atoms with Crippen molar-refractivity contribution in [3.8, 4) is 0 Å². The SMILES string of the molecule is COCC(CCO)NC(=O)c1cn[nH]c1. The van der Waals surface area contributed by atoms with Crippen molar-refractivity contribution < 1.29 is 14.6 Å². The third-order valence-corrected chi connectivity index (χ3v) is 1.94. The molecule has 84 valence electrons. The van der Waals surface area contributed by atoms with Crippen molar-refractivity contribution in [1.82, 2.24) is 15.5 Å². The van der Waals surface area contributed by atoms with Crippen molar-refractivity contribution in [3.05, 3.63) is 18.0 Å². The molecule has 6 heteroatoms. The first kappa shape index (κ1) is 11.7. The number of H-pyrrole nitrogens is 1. The molecule has 3 N–H and O–H groups in total. The van der Waals surface area contributed by atoms with Gasteiger partial charge in [-0.3, -0.25) is 9.89 Å². The molecule has 1 rings (SSSR count). The maximum absolute atomic E-state index is 11.6. The fourth-order valence-corrected chi connectivity index (χ4v) is 1.20. The highest BCUT2D eigenvalue weighted by molar-refractivity contribution is 5.93. The molecule has 1 atom stereocenters. The van der Waals surface area contributed by atoms with Crippen LogP contribution in [0.4, 0.5) is 0 Å². The lowest BCUT2D eigenvalue weighted by atomic mass is 10.2. The van der Waals surface area contributed by atoms with Gasteiger partial charge in [-0.15, -0.1) is 0 Å². The Morgan fingerprint density at radius 1 is 1.80 bits per heavy atom. The van der Waals surface area contributed by atoms with Crippen molar-refractivity contribution in [3.63, 3.8) is 0 Å². The van der Waals surface area contributed by atoms with Crippen LogP contribution in [-0.2, 0) is 4.74 Å². The van der Waals surface area contributed by atoms with Gasteiger partial charge in [-0.2, -0.15) is 5.10 Å². The number of hydrogen-bond acceptors (Lipinski definition) is 4. The Kier molecular flexibility index (Phi) is 4.79. The van der Waals surface area contributed by atoms with Crippen LogP contribution in [0.1, 0.15) is 16.8 Å². The van der Waals surface area contributed by atoms with E-state index >= 15 is 0 Å². The number of aromatic amines is 1. The molecule has 0 spiro atoms. The number of nitrogens with zero attached hydrogens (tertiary/aromatic N) is 1. The van der Waals surface area contributed by atoms with Gasteiger partial charge in [-0.1, -0.05) is 0 Å². The summed E-state index contributed by atoms with van der Waals surface area (Å²) in [5, 5.41) is 17.8. The highest BCUT2D eigenvalue weighted by Gasteiger charge is 2.13. The summed E-state index contributed by atoms with van der Waals surface area (Å²) in [6, 6.07) is -0.178. The predicted molar refractivity (Wildman–Crippen MR) is 53.4 cm³/mol. The quantitative estimate of drug-likeness (QED) is 0.596. The molecule has 1 aromatic heterocycles. The summed E-state index contributed by atoms with van der Waals surface area (Å²) in [6.45, 7) is 0.393. The number of methoxy groups -OCH3 is 1. The molecule has 0 bridgehead atoms. The highest BCUT2D eigenvalue weighted by Crippen LogP contribution is 1.97. The molecule has 0 aliphatic heterocycles. The van der Waals surface area contributed by atoms with Crippen LogP contribution in [0.5, 0.6) is 0 Å². The van der Waals surface area contributed by atoms with Crippen LogP contribution in [0.3, 0.4) is 0 Å². The van der Waals surface area contributed by atoms with Gasteiger partial charge in [0.1, 0.15) is 0 Å². The van der Waals surface area contributed by atoms with Crippen molar-refractivity contribution in [2.24, 2.45) is 0 Å². The number of ether oxygens (including phenoxy) is 1. The molecular weight excluding hydrogens is 198 g/mol. The molecule has 15 heavy (non-hydrogen) atoms. The number of nitrogens with one attached hydrogen (secondary N) is 2. The van der Waals surface area contributed by atoms with E-state index in [0.29, 0.717) is 18.6 Å². The monoisotopic (exact) mass is 213 g/mol. The lowest BCUT2D eigenvalue weighted by Crippen LogP contribution is -2.38. The summed E-state index contributed by atoms with van der Waals surface area (Å²) in [5.74, 6) is -0.223. The van der Waals surface area contributed by atoms with Crippen LogP contribution in [0.25, 0.3) is 0 Å². The number of carbonyl (C=O) groups excluding carboxylic acids is 1. The summed E-state index contributed by atoms with van der Waals surface area (Å²) in [7, 11) is 1.55. The van der Waals surface area contributed by atoms with E-state index in [9.17, 15) is 4.79 Å². The number of aliphatic hydroxyl groups excluding tert-OH is 1. The average Bonchev–Trinajstić information content (AvgIpc) is 2.71. The van der Waals surface area contributed by atoms with Gasteiger partial charge >= 0.3 is 0 Å². The molecule has 0 saturated carbocycles. The third kappa shape index (κ3) is 3.69. The van der Waals surface area contributed by atoms with Crippen molar-refractivity contribution >= 4 is 5.91 Å². The topological polar surface area (TPSA) is 87.2 Å². The summed E-state index contributed by atoms with van der Waals surface area (Å²) in [4.78, 5) is 11.6. The molecule has 1 amide bonds. The Hall–Kier alpha value is -1.40. The van der Waals surface area contributed by atoms with Crippen LogP contribution in [0, 0.1) is 0 Å². The first-order valence-corrected chi connectivity index (χ1v) is 4.67. The largest absolute Gasteiger partial charge is 0.396 e. The van der Waals surface area contributed by atoms with Gasteiger partial charge in [0.25, 0.3) is 5.91 Å². The summed E-state index contributed by atoms with van der Waals surface area (Å²) in [6.07, 6.45) is 3.42. The molecule has 0 aliphatic carbocycles. The summed E-state index contributed by atoms with van der Waals surface area (Å²) >= 11 is 0. The van der Waals surface area contributed by atoms with Gasteiger partial charge in [0.2, 0.25) is 0 Å². The summed E-state index contributed by atoms with van der Waals surface area (Å²) in [5.41, 5.74) is 0.467. The average molecular weight is 213 g/mol. The first-order valence-electron chi connectivity index (χ1n) is 4.67. The van der Waals surface area contributed by atoms with Crippen molar-refractivity contribution in [2.45, 2.75) is 12.5 Å². The molecule has 0 saturated heterocycles. The Bertz CT molecular complexity index is 281. The molecule has 0 aromatic carbocycles. The van der Waals surface area contributed by atoms with E-state index in [1.807, 2.05) is 0 Å². The molecule has 0 aliphatic rings. The van der Waals surface area contributed by atoms with Crippen molar-refractivity contribution in [2.75, 3.05) is 20.3 Å². The molecule has 0 radical (unpaired) electrons. The van der Waals surface area contributed by atoms with E-state index in [4.69, 9.17) is 9.84 Å². The first-order chi connectivity index (χ1) is 7.27. The minimum Gasteiger partial charge on any atom is -0.396 e. The zero-order valence-electron chi connectivity index (χ0n) is 8.56. The van der Waals surface area contributed by atoms with E-state index < -0.39 is 0 Å². The number of aliphatic hydroxyl groups is 1. The van der Waals surface area contributed by atoms with E-state index in [1.54, 1.807) is 7.11 Å². The Morgan fingerprint density at radius 3 is 3.13 bits per heavy atom. The van der Waals surface area contributed by atoms with E-state index in [1.165, 1.54) is 12.4 Å². The molecule has 0 fully saturated rings. The van der Waals surface area contributed by atoms with E-state index in [2.05, 4.69) is 15.5 Å². The third-order valence-electron chi connectivity index (χ3n) is 1.94. The minimum absolute atomic E-state index is 0.0136. The Balaban J connectivity index is 2.47. The van der Waals surface area contributed by atoms with Gasteiger partial charge in [0, 0.05) is 19.9 Å². The second-order valence-corrected chi connectivity index (χ2v) is 3.12. The smallest absolute Gasteiger partial charge is 0.254 e. The second-order valence-electron chi connectivity index (χ2n) is 3.12. The lowest BCUT2D eigenvalue weighted by molar-refractivity contribution is 0.0879. The molecule has 1 unspecified atom stereocenters. The normalized spacial score (nSPS) is 12.4. The summed E-state index contributed by atoms with van der Waals surface area (Å²) < 4.78 is 4.93. The standard InChI is InChI=1S/C9H15N3O3/c1-15-6-8(2-3-13)12-9(14)7-4-10-11-5-7/h4-5,8,13H,2-3,6H2,1H3,(H,10,11)(H,12,14). The molecular formula is C9H15N3O3. The maximum Gasteiger partial charge on any atom is 0.254 e. The number of carbonyl (C=O) groups is 1. The lowest BCUT2D eigenvalue weighted by Gasteiger charge is -2.15. The van der Waals surface area contributed by atoms with Gasteiger partial charge in [0.05, 0.1) is 24.4 Å². The predicted octanol–water partition coefficient (Wildman–Crippen LogP) is -0.463. The Labute approximate surface area is 87.6 Å². The number of aromatic nitrogens is 2. The zero-order valence-corrected chi connectivity index (χ0v) is 8.56. The van der Waals surface area contributed by atoms with Crippen LogP contribution in [0.15, 0.2) is 12.4 Å². The van der Waals surface area contributed by atoms with Gasteiger partial charge < -0.3 is 15.2 Å². The van der Waals surface area contributed by atoms with Crippen molar-refractivity contribution in [1.29, 1.82) is 0 Å². The molecule has 6 nitrogen and oxygen atoms in total. The minimum atomic E-state index is -0.223. The van der Waals surface area contributed by atoms with Crippen LogP contribution < -0.4 is 5.32 Å². The molecule has 1 aromatic rings. The van der Waals surface area contributed by atoms with Gasteiger partial charge in [0.15, 0.2) is 0 Å². The fraction of sp³-hybridized carbons (Fsp3) is 0.556. The van der Waals surface area contributed by atoms with E-state index in [0.717, 1.165) is 0 Å². The second kappa shape index (κ2) is 6.15. The Morgan fingerprint density at radius 2 is 2.60 bits per heavy atom. The number of amides is 1. The van der Waals surface area contributed by atoms with E-state index in [-0.39, 0.29) is 18.6 Å². The van der Waals surface area contributed by atoms with Crippen LogP contribution >= 0.6 is 0 Å². The number of rotatable bonds is 6. The van der Waals surface area contributed by atoms with Crippen LogP contribution in [0.2, 0.25) is 0 Å². The molecule has 1 heterocycles. The maximum atomic E-state index is 11.6.